The minimum Gasteiger partial charge on any atom is -0.463 e. The SMILES string of the molecule is CCOC(=O)/C=C/c1cnc(N[C@@H]2CCN(Cc3ccccc3Cl)C2)cn1. The zero-order chi connectivity index (χ0) is 19.1. The average Bonchev–Trinajstić information content (AvgIpc) is 3.10. The van der Waals surface area contributed by atoms with Crippen molar-refractivity contribution in [1.29, 1.82) is 0 Å². The third-order valence-electron chi connectivity index (χ3n) is 4.32. The van der Waals surface area contributed by atoms with E-state index in [1.807, 2.05) is 18.2 Å². The van der Waals surface area contributed by atoms with E-state index in [9.17, 15) is 4.79 Å². The summed E-state index contributed by atoms with van der Waals surface area (Å²) in [4.78, 5) is 22.4. The molecule has 142 valence electrons. The monoisotopic (exact) mass is 386 g/mol. The minimum absolute atomic E-state index is 0.322. The quantitative estimate of drug-likeness (QED) is 0.581. The van der Waals surface area contributed by atoms with Crippen molar-refractivity contribution in [3.8, 4) is 0 Å². The number of esters is 1. The van der Waals surface area contributed by atoms with Crippen LogP contribution >= 0.6 is 11.6 Å². The fraction of sp³-hybridized carbons (Fsp3) is 0.350. The number of nitrogens with one attached hydrogen (secondary N) is 1. The van der Waals surface area contributed by atoms with Crippen molar-refractivity contribution < 1.29 is 9.53 Å². The molecule has 0 aliphatic carbocycles. The maximum Gasteiger partial charge on any atom is 0.330 e. The Bertz CT molecular complexity index is 795. The molecule has 0 unspecified atom stereocenters. The molecule has 0 bridgehead atoms. The number of ether oxygens (including phenoxy) is 1. The molecule has 3 rings (SSSR count). The summed E-state index contributed by atoms with van der Waals surface area (Å²) in [5.74, 6) is 0.346. The Morgan fingerprint density at radius 1 is 1.37 bits per heavy atom. The van der Waals surface area contributed by atoms with Gasteiger partial charge in [0.1, 0.15) is 5.82 Å². The summed E-state index contributed by atoms with van der Waals surface area (Å²) in [6.45, 7) is 4.91. The van der Waals surface area contributed by atoms with Gasteiger partial charge >= 0.3 is 5.97 Å². The van der Waals surface area contributed by atoms with Gasteiger partial charge in [-0.1, -0.05) is 29.8 Å². The van der Waals surface area contributed by atoms with E-state index in [0.29, 0.717) is 18.3 Å². The van der Waals surface area contributed by atoms with Crippen molar-refractivity contribution in [2.75, 3.05) is 25.0 Å². The molecule has 0 amide bonds. The standard InChI is InChI=1S/C20H23ClN4O2/c1-2-27-20(26)8-7-16-11-23-19(12-22-16)24-17-9-10-25(14-17)13-15-5-3-4-6-18(15)21/h3-8,11-12,17H,2,9-10,13-14H2,1H3,(H,23,24)/b8-7+/t17-/m1/s1. The van der Waals surface area contributed by atoms with Gasteiger partial charge in [-0.3, -0.25) is 9.88 Å². The number of anilines is 1. The van der Waals surface area contributed by atoms with Gasteiger partial charge in [-0.2, -0.15) is 0 Å². The molecule has 1 aromatic carbocycles. The second-order valence-corrected chi connectivity index (χ2v) is 6.78. The minimum atomic E-state index is -0.383. The number of benzene rings is 1. The van der Waals surface area contributed by atoms with Crippen LogP contribution in [-0.2, 0) is 16.1 Å². The van der Waals surface area contributed by atoms with Crippen LogP contribution in [0, 0.1) is 0 Å². The zero-order valence-corrected chi connectivity index (χ0v) is 16.0. The topological polar surface area (TPSA) is 67.3 Å². The summed E-state index contributed by atoms with van der Waals surface area (Å²) in [5, 5.41) is 4.23. The van der Waals surface area contributed by atoms with Gasteiger partial charge in [-0.05, 0) is 31.1 Å². The smallest absolute Gasteiger partial charge is 0.330 e. The molecular weight excluding hydrogens is 364 g/mol. The number of rotatable bonds is 7. The maximum absolute atomic E-state index is 11.3. The highest BCUT2D eigenvalue weighted by Gasteiger charge is 2.23. The van der Waals surface area contributed by atoms with Crippen LogP contribution in [0.2, 0.25) is 5.02 Å². The van der Waals surface area contributed by atoms with Crippen LogP contribution in [0.25, 0.3) is 6.08 Å². The van der Waals surface area contributed by atoms with Gasteiger partial charge < -0.3 is 10.1 Å². The number of aromatic nitrogens is 2. The summed E-state index contributed by atoms with van der Waals surface area (Å²) in [7, 11) is 0. The Kier molecular flexibility index (Phi) is 6.79. The zero-order valence-electron chi connectivity index (χ0n) is 15.3. The first-order chi connectivity index (χ1) is 13.1. The molecule has 27 heavy (non-hydrogen) atoms. The number of halogens is 1. The number of carbonyl (C=O) groups excluding carboxylic acids is 1. The lowest BCUT2D eigenvalue weighted by Crippen LogP contribution is -2.26. The Morgan fingerprint density at radius 2 is 2.22 bits per heavy atom. The third kappa shape index (κ3) is 5.77. The predicted octanol–water partition coefficient (Wildman–Crippen LogP) is 3.39. The molecule has 6 nitrogen and oxygen atoms in total. The maximum atomic E-state index is 11.3. The Morgan fingerprint density at radius 3 is 2.96 bits per heavy atom. The molecule has 2 aromatic rings. The van der Waals surface area contributed by atoms with Crippen LogP contribution in [0.1, 0.15) is 24.6 Å². The summed E-state index contributed by atoms with van der Waals surface area (Å²) in [6, 6.07) is 8.28. The first-order valence-corrected chi connectivity index (χ1v) is 9.41. The molecule has 0 radical (unpaired) electrons. The van der Waals surface area contributed by atoms with Crippen LogP contribution in [0.4, 0.5) is 5.82 Å². The highest BCUT2D eigenvalue weighted by Crippen LogP contribution is 2.21. The average molecular weight is 387 g/mol. The molecule has 1 aromatic heterocycles. The van der Waals surface area contributed by atoms with Gasteiger partial charge in [0, 0.05) is 36.8 Å². The molecule has 7 heteroatoms. The summed E-state index contributed by atoms with van der Waals surface area (Å²) in [5.41, 5.74) is 1.76. The normalized spacial score (nSPS) is 17.3. The molecule has 0 spiro atoms. The molecule has 1 aliphatic rings. The fourth-order valence-corrected chi connectivity index (χ4v) is 3.21. The van der Waals surface area contributed by atoms with Gasteiger partial charge in [-0.25, -0.2) is 9.78 Å². The van der Waals surface area contributed by atoms with Crippen LogP contribution in [0.3, 0.4) is 0 Å². The Labute approximate surface area is 164 Å². The molecule has 2 heterocycles. The molecule has 1 aliphatic heterocycles. The van der Waals surface area contributed by atoms with E-state index in [1.165, 1.54) is 6.08 Å². The fourth-order valence-electron chi connectivity index (χ4n) is 3.01. The molecule has 1 N–H and O–H groups in total. The van der Waals surface area contributed by atoms with Crippen molar-refractivity contribution in [3.05, 3.63) is 59.0 Å². The second kappa shape index (κ2) is 9.48. The van der Waals surface area contributed by atoms with Gasteiger partial charge in [0.25, 0.3) is 0 Å². The molecule has 1 fully saturated rings. The van der Waals surface area contributed by atoms with E-state index < -0.39 is 0 Å². The van der Waals surface area contributed by atoms with Crippen molar-refractivity contribution in [1.82, 2.24) is 14.9 Å². The first-order valence-electron chi connectivity index (χ1n) is 9.03. The highest BCUT2D eigenvalue weighted by molar-refractivity contribution is 6.31. The van der Waals surface area contributed by atoms with Crippen molar-refractivity contribution in [2.24, 2.45) is 0 Å². The van der Waals surface area contributed by atoms with Gasteiger partial charge in [0.15, 0.2) is 0 Å². The van der Waals surface area contributed by atoms with E-state index in [-0.39, 0.29) is 5.97 Å². The largest absolute Gasteiger partial charge is 0.463 e. The lowest BCUT2D eigenvalue weighted by Gasteiger charge is -2.17. The summed E-state index contributed by atoms with van der Waals surface area (Å²) in [6.07, 6.45) is 7.30. The second-order valence-electron chi connectivity index (χ2n) is 6.37. The lowest BCUT2D eigenvalue weighted by molar-refractivity contribution is -0.137. The van der Waals surface area contributed by atoms with Crippen LogP contribution in [0.5, 0.6) is 0 Å². The first kappa shape index (κ1) is 19.3. The van der Waals surface area contributed by atoms with Crippen molar-refractivity contribution in [2.45, 2.75) is 25.9 Å². The number of carbonyl (C=O) groups is 1. The molecule has 1 atom stereocenters. The summed E-state index contributed by atoms with van der Waals surface area (Å²) < 4.78 is 4.84. The van der Waals surface area contributed by atoms with Gasteiger partial charge in [-0.15, -0.1) is 0 Å². The lowest BCUT2D eigenvalue weighted by atomic mass is 10.2. The van der Waals surface area contributed by atoms with Crippen LogP contribution < -0.4 is 5.32 Å². The highest BCUT2D eigenvalue weighted by atomic mass is 35.5. The molecular formula is C20H23ClN4O2. The number of nitrogens with zero attached hydrogens (tertiary/aromatic N) is 3. The predicted molar refractivity (Wildman–Crippen MR) is 106 cm³/mol. The Hall–Kier alpha value is -2.44. The third-order valence-corrected chi connectivity index (χ3v) is 4.69. The molecule has 1 saturated heterocycles. The van der Waals surface area contributed by atoms with E-state index in [0.717, 1.165) is 42.5 Å². The van der Waals surface area contributed by atoms with Crippen molar-refractivity contribution in [3.63, 3.8) is 0 Å². The van der Waals surface area contributed by atoms with Crippen molar-refractivity contribution >= 4 is 29.5 Å². The van der Waals surface area contributed by atoms with E-state index in [1.54, 1.807) is 25.4 Å². The number of hydrogen-bond acceptors (Lipinski definition) is 6. The van der Waals surface area contributed by atoms with E-state index in [4.69, 9.17) is 16.3 Å². The Balaban J connectivity index is 1.50. The van der Waals surface area contributed by atoms with Crippen LogP contribution in [0.15, 0.2) is 42.7 Å². The van der Waals surface area contributed by atoms with Crippen LogP contribution in [-0.4, -0.2) is 46.6 Å². The summed E-state index contributed by atoms with van der Waals surface area (Å²) >= 11 is 6.25. The van der Waals surface area contributed by atoms with E-state index in [2.05, 4.69) is 26.3 Å². The molecule has 0 saturated carbocycles. The number of likely N-dealkylation sites (tertiary alicyclic amines) is 1. The van der Waals surface area contributed by atoms with Gasteiger partial charge in [0.2, 0.25) is 0 Å². The van der Waals surface area contributed by atoms with Gasteiger partial charge in [0.05, 0.1) is 24.7 Å². The van der Waals surface area contributed by atoms with E-state index >= 15 is 0 Å². The number of hydrogen-bond donors (Lipinski definition) is 1.